The van der Waals surface area contributed by atoms with Gasteiger partial charge in [0.15, 0.2) is 15.1 Å². The van der Waals surface area contributed by atoms with Gasteiger partial charge in [-0.15, -0.1) is 11.8 Å². The lowest BCUT2D eigenvalue weighted by Crippen LogP contribution is -2.65. The highest BCUT2D eigenvalue weighted by Crippen LogP contribution is 2.53. The number of carbonyl (C=O) groups excluding carboxylic acids is 5. The maximum absolute atomic E-state index is 13.9. The number of hydrogen-bond donors (Lipinski definition) is 0. The van der Waals surface area contributed by atoms with E-state index in [1.807, 2.05) is 27.7 Å². The van der Waals surface area contributed by atoms with Gasteiger partial charge in [-0.1, -0.05) is 41.5 Å². The van der Waals surface area contributed by atoms with E-state index in [9.17, 15) is 24.0 Å². The molecule has 3 amide bonds. The van der Waals surface area contributed by atoms with E-state index in [0.717, 1.165) is 0 Å². The molecule has 0 spiro atoms. The van der Waals surface area contributed by atoms with Gasteiger partial charge in [-0.3, -0.25) is 19.3 Å². The van der Waals surface area contributed by atoms with Crippen LogP contribution in [0.15, 0.2) is 10.6 Å². The van der Waals surface area contributed by atoms with E-state index in [-0.39, 0.29) is 59.0 Å². The molecule has 0 N–H and O–H groups in total. The minimum absolute atomic E-state index is 0.0651. The van der Waals surface area contributed by atoms with Gasteiger partial charge in [0, 0.05) is 36.7 Å². The second-order valence-corrected chi connectivity index (χ2v) is 22.8. The van der Waals surface area contributed by atoms with Crippen molar-refractivity contribution in [2.45, 2.75) is 117 Å². The Kier molecular flexibility index (Phi) is 13.3. The lowest BCUT2D eigenvalue weighted by molar-refractivity contribution is -0.175. The van der Waals surface area contributed by atoms with Crippen LogP contribution in [0.5, 0.6) is 0 Å². The Morgan fingerprint density at radius 2 is 1.60 bits per heavy atom. The summed E-state index contributed by atoms with van der Waals surface area (Å²) in [5.74, 6) is -2.31. The summed E-state index contributed by atoms with van der Waals surface area (Å²) < 4.78 is 28.1. The number of likely N-dealkylation sites (N-methyl/N-ethyl adjacent to an activating group) is 1. The van der Waals surface area contributed by atoms with Crippen LogP contribution >= 0.6 is 11.8 Å². The molecular formula is C35H59N3O10SSi. The summed E-state index contributed by atoms with van der Waals surface area (Å²) in [6, 6.07) is -1.14. The summed E-state index contributed by atoms with van der Waals surface area (Å²) in [6.45, 7) is 23.4. The molecule has 0 aromatic heterocycles. The molecule has 0 saturated carbocycles. The van der Waals surface area contributed by atoms with Gasteiger partial charge in [0.25, 0.3) is 0 Å². The summed E-state index contributed by atoms with van der Waals surface area (Å²) in [6.07, 6.45) is -0.752. The Labute approximate surface area is 303 Å². The molecule has 0 radical (unpaired) electrons. The van der Waals surface area contributed by atoms with Gasteiger partial charge in [0.05, 0.1) is 30.1 Å². The van der Waals surface area contributed by atoms with E-state index in [1.165, 1.54) is 26.5 Å². The van der Waals surface area contributed by atoms with Crippen LogP contribution in [0, 0.1) is 23.2 Å². The number of carbonyl (C=O) groups is 5. The van der Waals surface area contributed by atoms with Crippen LogP contribution in [0.4, 0.5) is 4.79 Å². The number of esters is 2. The molecule has 3 heterocycles. The van der Waals surface area contributed by atoms with E-state index in [1.54, 1.807) is 34.9 Å². The van der Waals surface area contributed by atoms with E-state index >= 15 is 0 Å². The van der Waals surface area contributed by atoms with E-state index in [4.69, 9.17) is 23.4 Å². The molecule has 13 nitrogen and oxygen atoms in total. The smallest absolute Gasteiger partial charge is 0.412 e. The molecule has 2 fully saturated rings. The van der Waals surface area contributed by atoms with Gasteiger partial charge >= 0.3 is 18.0 Å². The number of fused-ring (bicyclic) bond motifs is 1. The van der Waals surface area contributed by atoms with Crippen LogP contribution in [-0.2, 0) is 42.6 Å². The van der Waals surface area contributed by atoms with Gasteiger partial charge in [-0.25, -0.2) is 9.59 Å². The molecule has 15 heteroatoms. The maximum atomic E-state index is 13.9. The molecule has 0 aromatic carbocycles. The lowest BCUT2D eigenvalue weighted by atomic mass is 9.79. The second-order valence-electron chi connectivity index (χ2n) is 16.7. The van der Waals surface area contributed by atoms with Crippen molar-refractivity contribution in [3.05, 3.63) is 10.6 Å². The van der Waals surface area contributed by atoms with Crippen LogP contribution in [0.25, 0.3) is 0 Å². The Hall–Kier alpha value is -2.62. The minimum Gasteiger partial charge on any atom is -0.427 e. The number of amides is 3. The largest absolute Gasteiger partial charge is 0.427 e. The van der Waals surface area contributed by atoms with Gasteiger partial charge in [-0.05, 0) is 58.2 Å². The van der Waals surface area contributed by atoms with Crippen molar-refractivity contribution in [2.75, 3.05) is 40.8 Å². The topological polar surface area (TPSA) is 141 Å². The molecule has 6 unspecified atom stereocenters. The third-order valence-corrected chi connectivity index (χ3v) is 15.9. The predicted molar refractivity (Wildman–Crippen MR) is 192 cm³/mol. The standard InChI is InChI=1S/C35H59N3O10SSi/c1-20(2)17-44-18-47-33(43)37-16-23(15-24(37)29(39)36(11)12)49-28-21(3)26-25(22(4)48-50(13,14)35(8,9)10)30(40)38(26)27(28)31(41)45-19-46-32(42)34(5,6)7/h20-26H,15-19H2,1-14H3. The molecule has 50 heavy (non-hydrogen) atoms. The zero-order valence-electron chi connectivity index (χ0n) is 32.4. The Morgan fingerprint density at radius 3 is 2.14 bits per heavy atom. The van der Waals surface area contributed by atoms with E-state index < -0.39 is 56.6 Å². The first-order valence-corrected chi connectivity index (χ1v) is 21.2. The fourth-order valence-corrected chi connectivity index (χ4v) is 9.00. The summed E-state index contributed by atoms with van der Waals surface area (Å²) >= 11 is 1.36. The van der Waals surface area contributed by atoms with Crippen molar-refractivity contribution in [1.29, 1.82) is 0 Å². The van der Waals surface area contributed by atoms with Gasteiger partial charge in [0.2, 0.25) is 18.6 Å². The summed E-state index contributed by atoms with van der Waals surface area (Å²) in [5.41, 5.74) is -0.698. The van der Waals surface area contributed by atoms with Crippen molar-refractivity contribution < 1.29 is 47.3 Å². The van der Waals surface area contributed by atoms with Gasteiger partial charge < -0.3 is 33.2 Å². The minimum atomic E-state index is -2.23. The van der Waals surface area contributed by atoms with Crippen LogP contribution in [0.3, 0.4) is 0 Å². The van der Waals surface area contributed by atoms with Crippen LogP contribution in [-0.4, -0.2) is 117 Å². The van der Waals surface area contributed by atoms with Crippen molar-refractivity contribution in [1.82, 2.24) is 14.7 Å². The van der Waals surface area contributed by atoms with E-state index in [0.29, 0.717) is 17.9 Å². The van der Waals surface area contributed by atoms with Gasteiger partial charge in [-0.2, -0.15) is 0 Å². The van der Waals surface area contributed by atoms with Crippen molar-refractivity contribution in [3.63, 3.8) is 0 Å². The lowest BCUT2D eigenvalue weighted by Gasteiger charge is -2.50. The van der Waals surface area contributed by atoms with E-state index in [2.05, 4.69) is 33.9 Å². The SMILES string of the molecule is CC(C)COCOC(=O)N1CC(SC2=C(C(=O)OCOC(=O)C(C)(C)C)N3C(=O)C(C(C)O[Si](C)(C)C(C)(C)C)C3C2C)CC1C(=O)N(C)C. The monoisotopic (exact) mass is 741 g/mol. The Morgan fingerprint density at radius 1 is 0.980 bits per heavy atom. The number of thioether (sulfide) groups is 1. The zero-order valence-corrected chi connectivity index (χ0v) is 34.2. The summed E-state index contributed by atoms with van der Waals surface area (Å²) in [7, 11) is 1.03. The molecule has 3 aliphatic heterocycles. The van der Waals surface area contributed by atoms with Crippen molar-refractivity contribution in [2.24, 2.45) is 23.2 Å². The summed E-state index contributed by atoms with van der Waals surface area (Å²) in [5, 5.41) is -0.371. The first-order valence-electron chi connectivity index (χ1n) is 17.4. The first-order chi connectivity index (χ1) is 22.9. The number of hydrogen-bond acceptors (Lipinski definition) is 11. The third kappa shape index (κ3) is 9.23. The molecule has 0 aromatic rings. The Bertz CT molecular complexity index is 1340. The quantitative estimate of drug-likeness (QED) is 0.0808. The predicted octanol–water partition coefficient (Wildman–Crippen LogP) is 5.21. The number of likely N-dealkylation sites (tertiary alicyclic amines) is 1. The average Bonchev–Trinajstić information content (AvgIpc) is 3.50. The molecule has 3 aliphatic rings. The summed E-state index contributed by atoms with van der Waals surface area (Å²) in [4.78, 5) is 71.4. The number of nitrogens with zero attached hydrogens (tertiary/aromatic N) is 3. The third-order valence-electron chi connectivity index (χ3n) is 9.80. The zero-order chi connectivity index (χ0) is 38.1. The van der Waals surface area contributed by atoms with Crippen LogP contribution in [0.1, 0.15) is 75.7 Å². The molecule has 2 saturated heterocycles. The van der Waals surface area contributed by atoms with Gasteiger partial charge in [0.1, 0.15) is 11.7 Å². The van der Waals surface area contributed by atoms with Crippen LogP contribution in [0.2, 0.25) is 18.1 Å². The number of rotatable bonds is 13. The van der Waals surface area contributed by atoms with Crippen molar-refractivity contribution in [3.8, 4) is 0 Å². The number of β-lactam (4-membered cyclic amide) rings is 1. The molecular weight excluding hydrogens is 683 g/mol. The maximum Gasteiger partial charge on any atom is 0.412 e. The fraction of sp³-hybridized carbons (Fsp3) is 0.800. The number of ether oxygens (including phenoxy) is 4. The first kappa shape index (κ1) is 41.8. The highest BCUT2D eigenvalue weighted by molar-refractivity contribution is 8.03. The normalized spacial score (nSPS) is 24.6. The molecule has 284 valence electrons. The fourth-order valence-electron chi connectivity index (χ4n) is 6.05. The molecule has 0 aliphatic carbocycles. The van der Waals surface area contributed by atoms with Crippen LogP contribution < -0.4 is 0 Å². The Balaban J connectivity index is 1.90. The highest BCUT2D eigenvalue weighted by atomic mass is 32.2. The molecule has 0 bridgehead atoms. The second kappa shape index (κ2) is 15.9. The molecule has 3 rings (SSSR count). The van der Waals surface area contributed by atoms with Crippen molar-refractivity contribution >= 4 is 49.9 Å². The highest BCUT2D eigenvalue weighted by Gasteiger charge is 2.62. The average molecular weight is 742 g/mol. The molecule has 6 atom stereocenters.